The summed E-state index contributed by atoms with van der Waals surface area (Å²) >= 11 is 0. The van der Waals surface area contributed by atoms with Gasteiger partial charge in [-0.05, 0) is 13.0 Å². The van der Waals surface area contributed by atoms with E-state index in [9.17, 15) is 4.79 Å². The molecule has 0 fully saturated rings. The van der Waals surface area contributed by atoms with Gasteiger partial charge in [0.05, 0.1) is 29.3 Å². The van der Waals surface area contributed by atoms with E-state index in [-0.39, 0.29) is 11.8 Å². The minimum absolute atomic E-state index is 0.161. The number of carbonyl (C=O) groups excluding carboxylic acids is 1. The third kappa shape index (κ3) is 2.79. The molecule has 104 valence electrons. The summed E-state index contributed by atoms with van der Waals surface area (Å²) < 4.78 is 0. The fraction of sp³-hybridized carbons (Fsp3) is 0.357. The monoisotopic (exact) mass is 271 g/mol. The fourth-order valence-corrected chi connectivity index (χ4v) is 1.75. The Morgan fingerprint density at radius 1 is 1.25 bits per heavy atom. The predicted octanol–water partition coefficient (Wildman–Crippen LogP) is 1.98. The Hall–Kier alpha value is -2.37. The molecule has 0 aliphatic carbocycles. The summed E-state index contributed by atoms with van der Waals surface area (Å²) in [5, 5.41) is 7.46. The number of carbonyl (C=O) groups is 1. The first-order valence-corrected chi connectivity index (χ1v) is 6.39. The van der Waals surface area contributed by atoms with Crippen LogP contribution < -0.4 is 4.90 Å². The lowest BCUT2D eigenvalue weighted by molar-refractivity contribution is 0.0991. The van der Waals surface area contributed by atoms with Crippen molar-refractivity contribution < 1.29 is 4.79 Å². The van der Waals surface area contributed by atoms with Crippen molar-refractivity contribution in [3.8, 4) is 0 Å². The SMILES string of the molecule is Cc1nc(C(C)C)ncc1C(=O)N(C)c1ccnnc1. The van der Waals surface area contributed by atoms with E-state index in [1.807, 2.05) is 20.8 Å². The van der Waals surface area contributed by atoms with Crippen LogP contribution in [0.1, 0.15) is 41.6 Å². The molecular weight excluding hydrogens is 254 g/mol. The van der Waals surface area contributed by atoms with Crippen molar-refractivity contribution in [1.29, 1.82) is 0 Å². The summed E-state index contributed by atoms with van der Waals surface area (Å²) in [6.45, 7) is 5.86. The number of aryl methyl sites for hydroxylation is 1. The zero-order chi connectivity index (χ0) is 14.7. The Kier molecular flexibility index (Phi) is 4.02. The summed E-state index contributed by atoms with van der Waals surface area (Å²) in [7, 11) is 1.69. The predicted molar refractivity (Wildman–Crippen MR) is 75.6 cm³/mol. The molecule has 0 saturated carbocycles. The highest BCUT2D eigenvalue weighted by atomic mass is 16.2. The van der Waals surface area contributed by atoms with Crippen molar-refractivity contribution in [1.82, 2.24) is 20.2 Å². The molecule has 0 aliphatic rings. The molecule has 0 aliphatic heterocycles. The van der Waals surface area contributed by atoms with Crippen molar-refractivity contribution in [3.05, 3.63) is 41.7 Å². The van der Waals surface area contributed by atoms with Gasteiger partial charge in [0, 0.05) is 19.2 Å². The van der Waals surface area contributed by atoms with Gasteiger partial charge in [-0.1, -0.05) is 13.8 Å². The van der Waals surface area contributed by atoms with Gasteiger partial charge >= 0.3 is 0 Å². The summed E-state index contributed by atoms with van der Waals surface area (Å²) in [6, 6.07) is 1.73. The second kappa shape index (κ2) is 5.73. The number of hydrogen-bond donors (Lipinski definition) is 0. The summed E-state index contributed by atoms with van der Waals surface area (Å²) in [5.74, 6) is 0.818. The third-order valence-corrected chi connectivity index (χ3v) is 3.01. The van der Waals surface area contributed by atoms with Crippen LogP contribution in [0.3, 0.4) is 0 Å². The summed E-state index contributed by atoms with van der Waals surface area (Å²) in [6.07, 6.45) is 4.67. The standard InChI is InChI=1S/C14H17N5O/c1-9(2)13-15-8-12(10(3)18-13)14(20)19(4)11-5-6-16-17-7-11/h5-9H,1-4H3. The van der Waals surface area contributed by atoms with Crippen LogP contribution in [-0.2, 0) is 0 Å². The van der Waals surface area contributed by atoms with E-state index in [4.69, 9.17) is 0 Å². The van der Waals surface area contributed by atoms with Crippen molar-refractivity contribution in [2.24, 2.45) is 0 Å². The lowest BCUT2D eigenvalue weighted by atomic mass is 10.1. The number of amides is 1. The van der Waals surface area contributed by atoms with Crippen LogP contribution in [0.5, 0.6) is 0 Å². The number of rotatable bonds is 3. The normalized spacial score (nSPS) is 10.7. The lowest BCUT2D eigenvalue weighted by Gasteiger charge is -2.17. The molecule has 0 radical (unpaired) electrons. The molecule has 0 saturated heterocycles. The first kappa shape index (κ1) is 14.0. The Morgan fingerprint density at radius 3 is 2.55 bits per heavy atom. The van der Waals surface area contributed by atoms with Crippen LogP contribution in [0, 0.1) is 6.92 Å². The minimum Gasteiger partial charge on any atom is -0.310 e. The van der Waals surface area contributed by atoms with Crippen molar-refractivity contribution in [3.63, 3.8) is 0 Å². The molecule has 0 N–H and O–H groups in total. The topological polar surface area (TPSA) is 71.9 Å². The van der Waals surface area contributed by atoms with E-state index >= 15 is 0 Å². The Labute approximate surface area is 117 Å². The molecule has 0 spiro atoms. The van der Waals surface area contributed by atoms with Gasteiger partial charge in [0.25, 0.3) is 5.91 Å². The molecule has 1 amide bonds. The molecule has 0 atom stereocenters. The van der Waals surface area contributed by atoms with Gasteiger partial charge in [-0.3, -0.25) is 4.79 Å². The molecule has 20 heavy (non-hydrogen) atoms. The van der Waals surface area contributed by atoms with Gasteiger partial charge < -0.3 is 4.90 Å². The largest absolute Gasteiger partial charge is 0.310 e. The first-order valence-electron chi connectivity index (χ1n) is 6.39. The zero-order valence-corrected chi connectivity index (χ0v) is 12.0. The fourth-order valence-electron chi connectivity index (χ4n) is 1.75. The van der Waals surface area contributed by atoms with Crippen molar-refractivity contribution >= 4 is 11.6 Å². The van der Waals surface area contributed by atoms with Crippen LogP contribution in [0.15, 0.2) is 24.7 Å². The molecular formula is C14H17N5O. The van der Waals surface area contributed by atoms with Gasteiger partial charge in [-0.25, -0.2) is 9.97 Å². The smallest absolute Gasteiger partial charge is 0.261 e. The van der Waals surface area contributed by atoms with Crippen LogP contribution in [-0.4, -0.2) is 33.1 Å². The van der Waals surface area contributed by atoms with Crippen LogP contribution in [0.2, 0.25) is 0 Å². The zero-order valence-electron chi connectivity index (χ0n) is 12.0. The van der Waals surface area contributed by atoms with Gasteiger partial charge in [-0.15, -0.1) is 0 Å². The number of anilines is 1. The van der Waals surface area contributed by atoms with Gasteiger partial charge in [-0.2, -0.15) is 10.2 Å². The van der Waals surface area contributed by atoms with Crippen LogP contribution in [0.25, 0.3) is 0 Å². The first-order chi connectivity index (χ1) is 9.50. The molecule has 6 heteroatoms. The number of hydrogen-bond acceptors (Lipinski definition) is 5. The highest BCUT2D eigenvalue weighted by Gasteiger charge is 2.18. The number of aromatic nitrogens is 4. The van der Waals surface area contributed by atoms with Crippen molar-refractivity contribution in [2.75, 3.05) is 11.9 Å². The third-order valence-electron chi connectivity index (χ3n) is 3.01. The molecule has 0 bridgehead atoms. The van der Waals surface area contributed by atoms with E-state index in [1.54, 1.807) is 25.5 Å². The van der Waals surface area contributed by atoms with Crippen LogP contribution in [0.4, 0.5) is 5.69 Å². The quantitative estimate of drug-likeness (QED) is 0.853. The van der Waals surface area contributed by atoms with E-state index in [0.717, 1.165) is 5.82 Å². The van der Waals surface area contributed by atoms with Crippen molar-refractivity contribution in [2.45, 2.75) is 26.7 Å². The molecule has 2 rings (SSSR count). The Bertz CT molecular complexity index is 612. The maximum Gasteiger partial charge on any atom is 0.261 e. The minimum atomic E-state index is -0.161. The lowest BCUT2D eigenvalue weighted by Crippen LogP contribution is -2.27. The molecule has 0 unspecified atom stereocenters. The van der Waals surface area contributed by atoms with E-state index < -0.39 is 0 Å². The van der Waals surface area contributed by atoms with E-state index in [0.29, 0.717) is 16.9 Å². The molecule has 0 aromatic carbocycles. The molecule has 2 aromatic rings. The Morgan fingerprint density at radius 2 is 2.00 bits per heavy atom. The van der Waals surface area contributed by atoms with Gasteiger partial charge in [0.1, 0.15) is 5.82 Å². The highest BCUT2D eigenvalue weighted by molar-refractivity contribution is 6.06. The summed E-state index contributed by atoms with van der Waals surface area (Å²) in [4.78, 5) is 22.6. The second-order valence-electron chi connectivity index (χ2n) is 4.85. The van der Waals surface area contributed by atoms with Gasteiger partial charge in [0.2, 0.25) is 0 Å². The molecule has 2 heterocycles. The van der Waals surface area contributed by atoms with E-state index in [2.05, 4.69) is 20.2 Å². The second-order valence-corrected chi connectivity index (χ2v) is 4.85. The summed E-state index contributed by atoms with van der Waals surface area (Å²) in [5.41, 5.74) is 1.86. The highest BCUT2D eigenvalue weighted by Crippen LogP contribution is 2.16. The van der Waals surface area contributed by atoms with E-state index in [1.165, 1.54) is 11.1 Å². The number of nitrogens with zero attached hydrogens (tertiary/aromatic N) is 5. The average molecular weight is 271 g/mol. The average Bonchev–Trinajstić information content (AvgIpc) is 2.46. The maximum absolute atomic E-state index is 12.4. The molecule has 6 nitrogen and oxygen atoms in total. The Balaban J connectivity index is 2.30. The van der Waals surface area contributed by atoms with Crippen LogP contribution >= 0.6 is 0 Å². The van der Waals surface area contributed by atoms with Gasteiger partial charge in [0.15, 0.2) is 0 Å². The maximum atomic E-state index is 12.4. The molecule has 2 aromatic heterocycles.